The molecular weight excluding hydrogens is 685 g/mol. The Morgan fingerprint density at radius 2 is 1.37 bits per heavy atom. The van der Waals surface area contributed by atoms with Crippen LogP contribution in [0.5, 0.6) is 23.0 Å². The maximum atomic E-state index is 13.8. The number of benzene rings is 2. The molecule has 1 atom stereocenters. The third-order valence-corrected chi connectivity index (χ3v) is 10.2. The van der Waals surface area contributed by atoms with Gasteiger partial charge in [-0.2, -0.15) is 10.5 Å². The Bertz CT molecular complexity index is 2030. The van der Waals surface area contributed by atoms with Crippen LogP contribution < -0.4 is 39.4 Å². The van der Waals surface area contributed by atoms with Gasteiger partial charge in [0.15, 0.2) is 23.0 Å². The average Bonchev–Trinajstić information content (AvgIpc) is 3.49. The van der Waals surface area contributed by atoms with Crippen LogP contribution in [0.15, 0.2) is 46.8 Å². The largest absolute Gasteiger partial charge is 0.490 e. The summed E-state index contributed by atoms with van der Waals surface area (Å²) < 4.78 is 36.9. The first kappa shape index (κ1) is 36.9. The van der Waals surface area contributed by atoms with Crippen LogP contribution in [0.4, 0.5) is 0 Å². The second-order valence-corrected chi connectivity index (χ2v) is 13.3. The molecule has 14 heteroatoms. The maximum absolute atomic E-state index is 13.8. The number of fused-ring (bicyclic) bond motifs is 1. The van der Waals surface area contributed by atoms with E-state index in [0.717, 1.165) is 63.8 Å². The van der Waals surface area contributed by atoms with Gasteiger partial charge in [-0.25, -0.2) is 0 Å². The van der Waals surface area contributed by atoms with Crippen molar-refractivity contribution in [2.24, 2.45) is 5.73 Å². The molecule has 0 radical (unpaired) electrons. The van der Waals surface area contributed by atoms with Gasteiger partial charge in [-0.3, -0.25) is 19.2 Å². The molecule has 0 aliphatic carbocycles. The minimum atomic E-state index is -0.805. The molecule has 274 valence electrons. The zero-order valence-electron chi connectivity index (χ0n) is 29.6. The zero-order valence-corrected chi connectivity index (χ0v) is 30.4. The molecule has 3 aliphatic heterocycles. The highest BCUT2D eigenvalue weighted by molar-refractivity contribution is 7.07. The number of nitrogens with zero attached hydrogens (tertiary/aromatic N) is 5. The number of nitriles is 2. The van der Waals surface area contributed by atoms with Crippen LogP contribution in [-0.2, 0) is 9.47 Å². The predicted molar refractivity (Wildman–Crippen MR) is 197 cm³/mol. The fourth-order valence-electron chi connectivity index (χ4n) is 6.45. The summed E-state index contributed by atoms with van der Waals surface area (Å²) in [6.45, 7) is 13.4. The van der Waals surface area contributed by atoms with E-state index in [2.05, 4.69) is 21.9 Å². The minimum Gasteiger partial charge on any atom is -0.490 e. The second kappa shape index (κ2) is 17.6. The Morgan fingerprint density at radius 3 is 1.92 bits per heavy atom. The van der Waals surface area contributed by atoms with E-state index in [9.17, 15) is 15.3 Å². The molecule has 2 aromatic carbocycles. The van der Waals surface area contributed by atoms with Gasteiger partial charge in [0.05, 0.1) is 73.4 Å². The number of hydrogen-bond donors (Lipinski definition) is 1. The predicted octanol–water partition coefficient (Wildman–Crippen LogP) is 2.08. The van der Waals surface area contributed by atoms with Crippen molar-refractivity contribution in [2.75, 3.05) is 92.1 Å². The highest BCUT2D eigenvalue weighted by Crippen LogP contribution is 2.39. The first-order chi connectivity index (χ1) is 25.4. The molecule has 3 aromatic rings. The van der Waals surface area contributed by atoms with Gasteiger partial charge in [0, 0.05) is 39.3 Å². The third kappa shape index (κ3) is 8.28. The first-order valence-electron chi connectivity index (χ1n) is 17.6. The van der Waals surface area contributed by atoms with Crippen molar-refractivity contribution in [3.8, 4) is 35.1 Å². The standard InChI is InChI=1S/C38H44N6O7S/c1-3-48-32-21-26(5-7-30(32)50-19-13-42-9-15-46-16-10-42)22-34-37(45)44-36(41)28(24-39)35(29(25-40)38(44)52-34)27-6-8-31(33(23-27)49-4-2)51-20-14-43-11-17-47-18-12-43/h5-8,21-23,35H,3-4,9-20,41H2,1-2H3/b34-22-. The van der Waals surface area contributed by atoms with E-state index in [4.69, 9.17) is 34.2 Å². The normalized spacial score (nSPS) is 18.4. The third-order valence-electron chi connectivity index (χ3n) is 9.09. The summed E-state index contributed by atoms with van der Waals surface area (Å²) in [5.74, 6) is 1.42. The van der Waals surface area contributed by atoms with Gasteiger partial charge in [-0.15, -0.1) is 11.3 Å². The van der Waals surface area contributed by atoms with E-state index in [1.54, 1.807) is 18.2 Å². The van der Waals surface area contributed by atoms with Gasteiger partial charge in [-0.1, -0.05) is 12.1 Å². The molecule has 13 nitrogen and oxygen atoms in total. The average molecular weight is 729 g/mol. The van der Waals surface area contributed by atoms with Gasteiger partial charge in [0.25, 0.3) is 5.56 Å². The Labute approximate surface area is 306 Å². The molecule has 0 saturated carbocycles. The van der Waals surface area contributed by atoms with Crippen molar-refractivity contribution >= 4 is 28.8 Å². The summed E-state index contributed by atoms with van der Waals surface area (Å²) in [5.41, 5.74) is 7.85. The minimum absolute atomic E-state index is 0.00906. The number of ether oxygens (including phenoxy) is 6. The SMILES string of the molecule is CCOc1cc(/C=c2\sc3n(c2=O)C(N)=C(C#N)C(c2ccc(OCCN4CCOCC4)c(OCC)c2)C=3C#N)ccc1OCCN1CCOCC1. The summed E-state index contributed by atoms with van der Waals surface area (Å²) in [6.07, 6.45) is 1.73. The van der Waals surface area contributed by atoms with Crippen LogP contribution in [0.25, 0.3) is 17.5 Å². The van der Waals surface area contributed by atoms with Crippen molar-refractivity contribution in [1.82, 2.24) is 14.4 Å². The van der Waals surface area contributed by atoms with Crippen LogP contribution in [0.2, 0.25) is 0 Å². The van der Waals surface area contributed by atoms with Crippen LogP contribution in [-0.4, -0.2) is 106 Å². The lowest BCUT2D eigenvalue weighted by molar-refractivity contribution is 0.0320. The smallest absolute Gasteiger partial charge is 0.274 e. The molecule has 4 heterocycles. The number of aromatic nitrogens is 1. The molecule has 2 saturated heterocycles. The van der Waals surface area contributed by atoms with E-state index in [1.165, 1.54) is 4.57 Å². The topological polar surface area (TPSA) is 157 Å². The molecular formula is C38H44N6O7S. The lowest BCUT2D eigenvalue weighted by Gasteiger charge is -2.26. The van der Waals surface area contributed by atoms with Crippen molar-refractivity contribution < 1.29 is 28.4 Å². The van der Waals surface area contributed by atoms with Crippen molar-refractivity contribution in [3.05, 3.63) is 72.6 Å². The van der Waals surface area contributed by atoms with Gasteiger partial charge >= 0.3 is 0 Å². The lowest BCUT2D eigenvalue weighted by atomic mass is 9.84. The highest BCUT2D eigenvalue weighted by Gasteiger charge is 2.33. The Balaban J connectivity index is 1.30. The van der Waals surface area contributed by atoms with Crippen molar-refractivity contribution in [2.45, 2.75) is 19.8 Å². The number of thiazole rings is 1. The van der Waals surface area contributed by atoms with Crippen LogP contribution in [0.3, 0.4) is 0 Å². The molecule has 1 unspecified atom stereocenters. The number of hydrogen-bond acceptors (Lipinski definition) is 13. The molecule has 0 spiro atoms. The molecule has 6 rings (SSSR count). The van der Waals surface area contributed by atoms with Crippen LogP contribution in [0.1, 0.15) is 30.9 Å². The van der Waals surface area contributed by atoms with E-state index in [0.29, 0.717) is 83.0 Å². The van der Waals surface area contributed by atoms with Gasteiger partial charge < -0.3 is 34.2 Å². The van der Waals surface area contributed by atoms with Crippen molar-refractivity contribution in [1.29, 1.82) is 10.5 Å². The lowest BCUT2D eigenvalue weighted by Crippen LogP contribution is -2.38. The summed E-state index contributed by atoms with van der Waals surface area (Å²) in [7, 11) is 0. The summed E-state index contributed by atoms with van der Waals surface area (Å²) in [4.78, 5) is 18.4. The molecule has 52 heavy (non-hydrogen) atoms. The molecule has 2 fully saturated rings. The number of morpholine rings is 2. The fourth-order valence-corrected chi connectivity index (χ4v) is 7.58. The van der Waals surface area contributed by atoms with E-state index >= 15 is 0 Å². The zero-order chi connectivity index (χ0) is 36.5. The van der Waals surface area contributed by atoms with E-state index in [-0.39, 0.29) is 17.0 Å². The van der Waals surface area contributed by atoms with Gasteiger partial charge in [-0.05, 0) is 55.3 Å². The summed E-state index contributed by atoms with van der Waals surface area (Å²) in [6, 6.07) is 15.4. The highest BCUT2D eigenvalue weighted by atomic mass is 32.1. The molecule has 1 aromatic heterocycles. The second-order valence-electron chi connectivity index (χ2n) is 12.3. The van der Waals surface area contributed by atoms with Gasteiger partial charge in [0.1, 0.15) is 23.7 Å². The van der Waals surface area contributed by atoms with E-state index < -0.39 is 11.5 Å². The maximum Gasteiger partial charge on any atom is 0.274 e. The molecule has 3 aliphatic rings. The summed E-state index contributed by atoms with van der Waals surface area (Å²) in [5, 5.41) is 20.9. The number of allylic oxidation sites excluding steroid dienone is 1. The summed E-state index contributed by atoms with van der Waals surface area (Å²) >= 11 is 1.15. The van der Waals surface area contributed by atoms with Gasteiger partial charge in [0.2, 0.25) is 0 Å². The van der Waals surface area contributed by atoms with Crippen LogP contribution >= 0.6 is 11.3 Å². The molecule has 0 amide bonds. The quantitative estimate of drug-likeness (QED) is 0.258. The number of nitrogens with two attached hydrogens (primary N) is 1. The van der Waals surface area contributed by atoms with Crippen molar-refractivity contribution in [3.63, 3.8) is 0 Å². The first-order valence-corrected chi connectivity index (χ1v) is 18.4. The Morgan fingerprint density at radius 1 is 0.808 bits per heavy atom. The fraction of sp³-hybridized carbons (Fsp3) is 0.447. The number of rotatable bonds is 14. The van der Waals surface area contributed by atoms with Crippen LogP contribution in [0, 0.1) is 22.7 Å². The molecule has 0 bridgehead atoms. The van der Waals surface area contributed by atoms with E-state index in [1.807, 2.05) is 38.1 Å². The Hall–Kier alpha value is -4.83. The molecule has 2 N–H and O–H groups in total. The monoisotopic (exact) mass is 728 g/mol. The Kier molecular flexibility index (Phi) is 12.5.